The first-order chi connectivity index (χ1) is 9.60. The summed E-state index contributed by atoms with van der Waals surface area (Å²) in [7, 11) is 0. The van der Waals surface area contributed by atoms with Crippen LogP contribution >= 0.6 is 11.6 Å². The smallest absolute Gasteiger partial charge is 0.306 e. The Morgan fingerprint density at radius 1 is 1.35 bits per heavy atom. The molecule has 0 aliphatic carbocycles. The van der Waals surface area contributed by atoms with Gasteiger partial charge in [-0.05, 0) is 25.5 Å². The molecule has 1 heterocycles. The highest BCUT2D eigenvalue weighted by atomic mass is 35.5. The average Bonchev–Trinajstić information content (AvgIpc) is 2.73. The minimum atomic E-state index is -0.338. The van der Waals surface area contributed by atoms with Crippen LogP contribution in [0.4, 0.5) is 16.3 Å². The fourth-order valence-corrected chi connectivity index (χ4v) is 2.04. The molecule has 0 aliphatic rings. The molecule has 0 unspecified atom stereocenters. The van der Waals surface area contributed by atoms with E-state index in [0.717, 1.165) is 18.7 Å². The average molecular weight is 293 g/mol. The lowest BCUT2D eigenvalue weighted by atomic mass is 10.3. The molecule has 2 aromatic rings. The summed E-state index contributed by atoms with van der Waals surface area (Å²) in [6.07, 6.45) is 0.946. The van der Waals surface area contributed by atoms with E-state index < -0.39 is 0 Å². The van der Waals surface area contributed by atoms with Gasteiger partial charge in [-0.3, -0.25) is 5.32 Å². The van der Waals surface area contributed by atoms with Crippen molar-refractivity contribution in [2.24, 2.45) is 0 Å². The van der Waals surface area contributed by atoms with E-state index in [1.165, 1.54) is 0 Å². The van der Waals surface area contributed by atoms with Crippen molar-refractivity contribution in [3.63, 3.8) is 0 Å². The molecular formula is C14H17ClN4O. The van der Waals surface area contributed by atoms with Crippen LogP contribution in [0.2, 0.25) is 5.02 Å². The summed E-state index contributed by atoms with van der Waals surface area (Å²) in [5.74, 6) is 0.675. The van der Waals surface area contributed by atoms with Crippen LogP contribution in [0.15, 0.2) is 30.3 Å². The van der Waals surface area contributed by atoms with Gasteiger partial charge in [0.15, 0.2) is 0 Å². The lowest BCUT2D eigenvalue weighted by molar-refractivity contribution is 0.262. The van der Waals surface area contributed by atoms with Gasteiger partial charge in [0, 0.05) is 12.6 Å². The fraction of sp³-hybridized carbons (Fsp3) is 0.286. The predicted molar refractivity (Wildman–Crippen MR) is 81.3 cm³/mol. The summed E-state index contributed by atoms with van der Waals surface area (Å²) < 4.78 is 1.78. The molecule has 0 atom stereocenters. The zero-order chi connectivity index (χ0) is 14.5. The zero-order valence-electron chi connectivity index (χ0n) is 11.5. The van der Waals surface area contributed by atoms with Crippen molar-refractivity contribution in [3.05, 3.63) is 41.0 Å². The Balaban J connectivity index is 2.07. The maximum Gasteiger partial charge on any atom is 0.324 e. The van der Waals surface area contributed by atoms with Gasteiger partial charge in [-0.2, -0.15) is 5.10 Å². The number of hydrogen-bond acceptors (Lipinski definition) is 2. The summed E-state index contributed by atoms with van der Waals surface area (Å²) in [5, 5.41) is 10.3. The highest BCUT2D eigenvalue weighted by Crippen LogP contribution is 2.20. The Morgan fingerprint density at radius 2 is 2.10 bits per heavy atom. The van der Waals surface area contributed by atoms with Crippen LogP contribution in [-0.2, 0) is 6.54 Å². The number of carbonyl (C=O) groups excluding carboxylic acids is 1. The van der Waals surface area contributed by atoms with Crippen molar-refractivity contribution >= 4 is 29.1 Å². The third kappa shape index (κ3) is 3.51. The van der Waals surface area contributed by atoms with Crippen LogP contribution in [0.3, 0.4) is 0 Å². The monoisotopic (exact) mass is 292 g/mol. The van der Waals surface area contributed by atoms with Crippen LogP contribution in [-0.4, -0.2) is 15.8 Å². The molecule has 2 N–H and O–H groups in total. The Labute approximate surface area is 122 Å². The van der Waals surface area contributed by atoms with Gasteiger partial charge < -0.3 is 5.32 Å². The van der Waals surface area contributed by atoms with Gasteiger partial charge in [0.05, 0.1) is 16.4 Å². The van der Waals surface area contributed by atoms with Crippen LogP contribution in [0.25, 0.3) is 0 Å². The second-order valence-electron chi connectivity index (χ2n) is 4.45. The molecule has 1 aromatic heterocycles. The highest BCUT2D eigenvalue weighted by Gasteiger charge is 2.10. The lowest BCUT2D eigenvalue weighted by Crippen LogP contribution is -2.21. The number of rotatable bonds is 4. The van der Waals surface area contributed by atoms with Crippen LogP contribution in [0.5, 0.6) is 0 Å². The molecule has 0 saturated carbocycles. The van der Waals surface area contributed by atoms with E-state index in [4.69, 9.17) is 11.6 Å². The van der Waals surface area contributed by atoms with E-state index in [0.29, 0.717) is 16.5 Å². The Bertz CT molecular complexity index is 609. The number of anilines is 2. The van der Waals surface area contributed by atoms with Crippen LogP contribution < -0.4 is 10.6 Å². The largest absolute Gasteiger partial charge is 0.324 e. The highest BCUT2D eigenvalue weighted by molar-refractivity contribution is 6.33. The molecule has 0 fully saturated rings. The van der Waals surface area contributed by atoms with Gasteiger partial charge in [-0.1, -0.05) is 30.7 Å². The molecule has 0 bridgehead atoms. The Morgan fingerprint density at radius 3 is 2.80 bits per heavy atom. The van der Waals surface area contributed by atoms with Gasteiger partial charge in [-0.15, -0.1) is 0 Å². The summed E-state index contributed by atoms with van der Waals surface area (Å²) in [6.45, 7) is 4.71. The molecule has 0 saturated heterocycles. The molecule has 106 valence electrons. The number of para-hydroxylation sites is 1. The molecular weight excluding hydrogens is 276 g/mol. The number of urea groups is 1. The van der Waals surface area contributed by atoms with E-state index >= 15 is 0 Å². The number of nitrogens with one attached hydrogen (secondary N) is 2. The summed E-state index contributed by atoms with van der Waals surface area (Å²) >= 11 is 6.00. The first-order valence-corrected chi connectivity index (χ1v) is 6.85. The van der Waals surface area contributed by atoms with E-state index in [-0.39, 0.29) is 6.03 Å². The molecule has 6 heteroatoms. The molecule has 1 aromatic carbocycles. The van der Waals surface area contributed by atoms with Crippen molar-refractivity contribution in [2.75, 3.05) is 10.6 Å². The van der Waals surface area contributed by atoms with Gasteiger partial charge in [-0.25, -0.2) is 9.48 Å². The number of aromatic nitrogens is 2. The number of nitrogens with zero attached hydrogens (tertiary/aromatic N) is 2. The normalized spacial score (nSPS) is 10.3. The van der Waals surface area contributed by atoms with Gasteiger partial charge in [0.25, 0.3) is 0 Å². The molecule has 0 radical (unpaired) electrons. The fourth-order valence-electron chi connectivity index (χ4n) is 1.86. The Kier molecular flexibility index (Phi) is 4.63. The predicted octanol–water partition coefficient (Wildman–Crippen LogP) is 3.90. The molecule has 5 nitrogen and oxygen atoms in total. The van der Waals surface area contributed by atoms with E-state index in [2.05, 4.69) is 22.7 Å². The third-order valence-corrected chi connectivity index (χ3v) is 3.03. The van der Waals surface area contributed by atoms with Crippen molar-refractivity contribution in [3.8, 4) is 0 Å². The first kappa shape index (κ1) is 14.4. The van der Waals surface area contributed by atoms with Crippen molar-refractivity contribution in [1.82, 2.24) is 9.78 Å². The topological polar surface area (TPSA) is 59.0 Å². The molecule has 0 aliphatic heterocycles. The van der Waals surface area contributed by atoms with E-state index in [1.807, 2.05) is 25.1 Å². The second kappa shape index (κ2) is 6.43. The standard InChI is InChI=1S/C14H17ClN4O/c1-3-8-19-13(9-10(2)18-19)17-14(20)16-12-7-5-4-6-11(12)15/h4-7,9H,3,8H2,1-2H3,(H2,16,17,20). The van der Waals surface area contributed by atoms with Gasteiger partial charge >= 0.3 is 6.03 Å². The van der Waals surface area contributed by atoms with Crippen LogP contribution in [0, 0.1) is 6.92 Å². The number of aryl methyl sites for hydroxylation is 2. The first-order valence-electron chi connectivity index (χ1n) is 6.47. The lowest BCUT2D eigenvalue weighted by Gasteiger charge is -2.10. The minimum Gasteiger partial charge on any atom is -0.306 e. The van der Waals surface area contributed by atoms with Gasteiger partial charge in [0.2, 0.25) is 0 Å². The van der Waals surface area contributed by atoms with Crippen molar-refractivity contribution in [2.45, 2.75) is 26.8 Å². The van der Waals surface area contributed by atoms with E-state index in [1.54, 1.807) is 16.8 Å². The number of halogens is 1. The molecule has 2 amide bonds. The van der Waals surface area contributed by atoms with Crippen molar-refractivity contribution < 1.29 is 4.79 Å². The van der Waals surface area contributed by atoms with Crippen LogP contribution in [0.1, 0.15) is 19.0 Å². The van der Waals surface area contributed by atoms with Crippen molar-refractivity contribution in [1.29, 1.82) is 0 Å². The number of amides is 2. The van der Waals surface area contributed by atoms with E-state index in [9.17, 15) is 4.79 Å². The summed E-state index contributed by atoms with van der Waals surface area (Å²) in [4.78, 5) is 12.0. The number of carbonyl (C=O) groups is 1. The maximum atomic E-state index is 12.0. The number of hydrogen-bond donors (Lipinski definition) is 2. The quantitative estimate of drug-likeness (QED) is 0.898. The SMILES string of the molecule is CCCn1nc(C)cc1NC(=O)Nc1ccccc1Cl. The van der Waals surface area contributed by atoms with Gasteiger partial charge in [0.1, 0.15) is 5.82 Å². The summed E-state index contributed by atoms with van der Waals surface area (Å²) in [6, 6.07) is 8.59. The second-order valence-corrected chi connectivity index (χ2v) is 4.86. The zero-order valence-corrected chi connectivity index (χ0v) is 12.2. The number of benzene rings is 1. The minimum absolute atomic E-state index is 0.338. The molecule has 0 spiro atoms. The summed E-state index contributed by atoms with van der Waals surface area (Å²) in [5.41, 5.74) is 1.44. The molecule has 2 rings (SSSR count). The molecule has 20 heavy (non-hydrogen) atoms. The third-order valence-electron chi connectivity index (χ3n) is 2.70. The Hall–Kier alpha value is -2.01. The maximum absolute atomic E-state index is 12.0.